The van der Waals surface area contributed by atoms with E-state index in [0.717, 1.165) is 55.3 Å². The third-order valence-electron chi connectivity index (χ3n) is 5.50. The number of ketones is 1. The first-order valence-electron chi connectivity index (χ1n) is 9.38. The Morgan fingerprint density at radius 2 is 1.80 bits per heavy atom. The molecule has 0 radical (unpaired) electrons. The molecule has 0 N–H and O–H groups in total. The zero-order valence-electron chi connectivity index (χ0n) is 15.9. The summed E-state index contributed by atoms with van der Waals surface area (Å²) in [7, 11) is 0. The van der Waals surface area contributed by atoms with Crippen molar-refractivity contribution in [1.82, 2.24) is 0 Å². The highest BCUT2D eigenvalue weighted by Gasteiger charge is 2.40. The first-order valence-corrected chi connectivity index (χ1v) is 9.38. The van der Waals surface area contributed by atoms with Gasteiger partial charge in [0, 0.05) is 6.54 Å². The number of fused-ring (bicyclic) bond motifs is 1. The molecular formula is C21H29NO3. The lowest BCUT2D eigenvalue weighted by Crippen LogP contribution is -2.40. The molecule has 1 amide bonds. The molecule has 4 heteroatoms. The molecule has 0 spiro atoms. The van der Waals surface area contributed by atoms with Gasteiger partial charge in [0.15, 0.2) is 0 Å². The molecule has 0 bridgehead atoms. The van der Waals surface area contributed by atoms with E-state index in [9.17, 15) is 9.59 Å². The summed E-state index contributed by atoms with van der Waals surface area (Å²) in [5.74, 6) is 0.268. The van der Waals surface area contributed by atoms with Gasteiger partial charge in [0.05, 0.1) is 11.1 Å². The zero-order chi connectivity index (χ0) is 18.2. The molecule has 0 atom stereocenters. The van der Waals surface area contributed by atoms with Crippen LogP contribution in [0.3, 0.4) is 0 Å². The van der Waals surface area contributed by atoms with Crippen molar-refractivity contribution in [2.75, 3.05) is 11.4 Å². The normalized spacial score (nSPS) is 19.4. The fourth-order valence-corrected chi connectivity index (χ4v) is 4.22. The van der Waals surface area contributed by atoms with Gasteiger partial charge in [-0.15, -0.1) is 0 Å². The average Bonchev–Trinajstić information content (AvgIpc) is 3.03. The number of benzene rings is 1. The molecule has 1 aromatic rings. The predicted molar refractivity (Wildman–Crippen MR) is 99.2 cm³/mol. The SMILES string of the molecule is CC(=O)C1(c2ccc3c(c2)CCCN3C(=O)OC(C)(C)C)CCCC1. The molecule has 25 heavy (non-hydrogen) atoms. The third kappa shape index (κ3) is 3.44. The van der Waals surface area contributed by atoms with E-state index in [4.69, 9.17) is 4.74 Å². The van der Waals surface area contributed by atoms with Crippen molar-refractivity contribution in [1.29, 1.82) is 0 Å². The van der Waals surface area contributed by atoms with Crippen LogP contribution in [0, 0.1) is 0 Å². The van der Waals surface area contributed by atoms with Gasteiger partial charge in [-0.3, -0.25) is 9.69 Å². The number of anilines is 1. The largest absolute Gasteiger partial charge is 0.443 e. The number of carbonyl (C=O) groups excluding carboxylic acids is 2. The molecule has 1 aromatic carbocycles. The predicted octanol–water partition coefficient (Wildman–Crippen LogP) is 4.78. The lowest BCUT2D eigenvalue weighted by molar-refractivity contribution is -0.122. The Balaban J connectivity index is 1.93. The average molecular weight is 343 g/mol. The molecule has 4 nitrogen and oxygen atoms in total. The molecule has 2 aliphatic rings. The van der Waals surface area contributed by atoms with Gasteiger partial charge < -0.3 is 4.74 Å². The highest BCUT2D eigenvalue weighted by molar-refractivity contribution is 5.91. The number of amides is 1. The number of hydrogen-bond acceptors (Lipinski definition) is 3. The Kier molecular flexibility index (Phi) is 4.65. The molecular weight excluding hydrogens is 314 g/mol. The molecule has 1 aliphatic heterocycles. The number of carbonyl (C=O) groups is 2. The minimum absolute atomic E-state index is 0.268. The number of nitrogens with zero attached hydrogens (tertiary/aromatic N) is 1. The van der Waals surface area contributed by atoms with Crippen molar-refractivity contribution in [3.63, 3.8) is 0 Å². The Hall–Kier alpha value is -1.84. The summed E-state index contributed by atoms with van der Waals surface area (Å²) in [4.78, 5) is 26.7. The van der Waals surface area contributed by atoms with Crippen molar-refractivity contribution in [2.45, 2.75) is 77.2 Å². The molecule has 0 unspecified atom stereocenters. The van der Waals surface area contributed by atoms with Crippen LogP contribution in [0.1, 0.15) is 70.9 Å². The summed E-state index contributed by atoms with van der Waals surface area (Å²) in [6, 6.07) is 6.23. The van der Waals surface area contributed by atoms with Gasteiger partial charge in [0.25, 0.3) is 0 Å². The molecule has 0 aromatic heterocycles. The van der Waals surface area contributed by atoms with Crippen LogP contribution in [-0.2, 0) is 21.4 Å². The number of Topliss-reactive ketones (excluding diaryl/α,β-unsaturated/α-hetero) is 1. The second-order valence-corrected chi connectivity index (χ2v) is 8.42. The van der Waals surface area contributed by atoms with Crippen LogP contribution in [0.25, 0.3) is 0 Å². The van der Waals surface area contributed by atoms with E-state index in [1.165, 1.54) is 0 Å². The standard InChI is InChI=1S/C21H29NO3/c1-15(23)21(11-5-6-12-21)17-9-10-18-16(14-17)8-7-13-22(18)19(24)25-20(2,3)4/h9-10,14H,5-8,11-13H2,1-4H3. The Morgan fingerprint density at radius 3 is 2.40 bits per heavy atom. The molecule has 136 valence electrons. The lowest BCUT2D eigenvalue weighted by Gasteiger charge is -2.33. The van der Waals surface area contributed by atoms with Crippen molar-refractivity contribution in [3.8, 4) is 0 Å². The fraction of sp³-hybridized carbons (Fsp3) is 0.619. The molecule has 1 heterocycles. The lowest BCUT2D eigenvalue weighted by atomic mass is 9.75. The summed E-state index contributed by atoms with van der Waals surface area (Å²) < 4.78 is 5.56. The first-order chi connectivity index (χ1) is 11.7. The maximum absolute atomic E-state index is 12.5. The molecule has 1 aliphatic carbocycles. The van der Waals surface area contributed by atoms with Crippen LogP contribution in [-0.4, -0.2) is 24.0 Å². The van der Waals surface area contributed by atoms with E-state index < -0.39 is 5.60 Å². The van der Waals surface area contributed by atoms with Gasteiger partial charge in [-0.2, -0.15) is 0 Å². The maximum Gasteiger partial charge on any atom is 0.414 e. The topological polar surface area (TPSA) is 46.6 Å². The van der Waals surface area contributed by atoms with Crippen molar-refractivity contribution in [2.24, 2.45) is 0 Å². The summed E-state index contributed by atoms with van der Waals surface area (Å²) in [5.41, 5.74) is 2.39. The van der Waals surface area contributed by atoms with Gasteiger partial charge in [-0.25, -0.2) is 4.79 Å². The van der Waals surface area contributed by atoms with Crippen LogP contribution >= 0.6 is 0 Å². The minimum Gasteiger partial charge on any atom is -0.443 e. The van der Waals surface area contributed by atoms with Gasteiger partial charge >= 0.3 is 6.09 Å². The second kappa shape index (κ2) is 6.47. The first kappa shape index (κ1) is 18.0. The summed E-state index contributed by atoms with van der Waals surface area (Å²) >= 11 is 0. The van der Waals surface area contributed by atoms with Crippen LogP contribution in [0.4, 0.5) is 10.5 Å². The number of rotatable bonds is 2. The van der Waals surface area contributed by atoms with Crippen LogP contribution in [0.5, 0.6) is 0 Å². The summed E-state index contributed by atoms with van der Waals surface area (Å²) in [5, 5.41) is 0. The zero-order valence-corrected chi connectivity index (χ0v) is 15.9. The smallest absolute Gasteiger partial charge is 0.414 e. The van der Waals surface area contributed by atoms with E-state index in [1.54, 1.807) is 11.8 Å². The van der Waals surface area contributed by atoms with Crippen molar-refractivity contribution < 1.29 is 14.3 Å². The maximum atomic E-state index is 12.5. The monoisotopic (exact) mass is 343 g/mol. The highest BCUT2D eigenvalue weighted by atomic mass is 16.6. The number of aryl methyl sites for hydroxylation is 1. The summed E-state index contributed by atoms with van der Waals surface area (Å²) in [6.07, 6.45) is 5.68. The van der Waals surface area contributed by atoms with E-state index in [0.29, 0.717) is 6.54 Å². The molecule has 1 saturated carbocycles. The summed E-state index contributed by atoms with van der Waals surface area (Å²) in [6.45, 7) is 8.05. The van der Waals surface area contributed by atoms with Crippen LogP contribution in [0.15, 0.2) is 18.2 Å². The van der Waals surface area contributed by atoms with Crippen LogP contribution in [0.2, 0.25) is 0 Å². The Bertz CT molecular complexity index is 681. The van der Waals surface area contributed by atoms with Crippen molar-refractivity contribution in [3.05, 3.63) is 29.3 Å². The molecule has 3 rings (SSSR count). The Morgan fingerprint density at radius 1 is 1.12 bits per heavy atom. The number of hydrogen-bond donors (Lipinski definition) is 0. The Labute approximate surface area is 150 Å². The third-order valence-corrected chi connectivity index (χ3v) is 5.50. The van der Waals surface area contributed by atoms with Crippen LogP contribution < -0.4 is 4.90 Å². The minimum atomic E-state index is -0.503. The van der Waals surface area contributed by atoms with E-state index in [2.05, 4.69) is 6.07 Å². The quantitative estimate of drug-likeness (QED) is 0.777. The van der Waals surface area contributed by atoms with Gasteiger partial charge in [0.1, 0.15) is 11.4 Å². The van der Waals surface area contributed by atoms with Gasteiger partial charge in [0.2, 0.25) is 0 Å². The molecule has 1 fully saturated rings. The number of ether oxygens (including phenoxy) is 1. The second-order valence-electron chi connectivity index (χ2n) is 8.42. The highest BCUT2D eigenvalue weighted by Crippen LogP contribution is 2.43. The van der Waals surface area contributed by atoms with E-state index in [1.807, 2.05) is 32.9 Å². The van der Waals surface area contributed by atoms with Crippen molar-refractivity contribution >= 4 is 17.6 Å². The fourth-order valence-electron chi connectivity index (χ4n) is 4.22. The van der Waals surface area contributed by atoms with E-state index in [-0.39, 0.29) is 17.3 Å². The molecule has 0 saturated heterocycles. The van der Waals surface area contributed by atoms with Gasteiger partial charge in [-0.1, -0.05) is 25.0 Å². The van der Waals surface area contributed by atoms with Gasteiger partial charge in [-0.05, 0) is 70.6 Å². The van der Waals surface area contributed by atoms with E-state index >= 15 is 0 Å².